The van der Waals surface area contributed by atoms with E-state index in [-0.39, 0.29) is 5.54 Å². The van der Waals surface area contributed by atoms with Crippen LogP contribution >= 0.6 is 11.3 Å². The minimum Gasteiger partial charge on any atom is -0.319 e. The molecular weight excluding hydrogens is 192 g/mol. The summed E-state index contributed by atoms with van der Waals surface area (Å²) in [5, 5.41) is 1.16. The fourth-order valence-corrected chi connectivity index (χ4v) is 3.16. The van der Waals surface area contributed by atoms with Gasteiger partial charge in [-0.2, -0.15) is 0 Å². The van der Waals surface area contributed by atoms with Gasteiger partial charge in [-0.3, -0.25) is 0 Å². The SMILES string of the molecule is Cc1sc(C2(N)CCC2)nc1C(C)C. The Morgan fingerprint density at radius 3 is 2.43 bits per heavy atom. The highest BCUT2D eigenvalue weighted by Crippen LogP contribution is 2.41. The fourth-order valence-electron chi connectivity index (χ4n) is 1.93. The van der Waals surface area contributed by atoms with Crippen LogP contribution in [0.2, 0.25) is 0 Å². The first kappa shape index (κ1) is 10.1. The smallest absolute Gasteiger partial charge is 0.113 e. The molecule has 1 aromatic heterocycles. The number of nitrogens with two attached hydrogens (primary N) is 1. The second kappa shape index (κ2) is 3.31. The third kappa shape index (κ3) is 1.48. The molecule has 0 saturated heterocycles. The number of rotatable bonds is 2. The van der Waals surface area contributed by atoms with Crippen LogP contribution in [0.15, 0.2) is 0 Å². The zero-order valence-electron chi connectivity index (χ0n) is 9.13. The van der Waals surface area contributed by atoms with E-state index in [4.69, 9.17) is 10.7 Å². The van der Waals surface area contributed by atoms with E-state index in [0.717, 1.165) is 17.8 Å². The van der Waals surface area contributed by atoms with Crippen molar-refractivity contribution in [3.63, 3.8) is 0 Å². The number of hydrogen-bond acceptors (Lipinski definition) is 3. The zero-order chi connectivity index (χ0) is 10.3. The molecule has 1 saturated carbocycles. The average molecular weight is 210 g/mol. The van der Waals surface area contributed by atoms with E-state index in [1.165, 1.54) is 17.0 Å². The number of aromatic nitrogens is 1. The van der Waals surface area contributed by atoms with Crippen LogP contribution in [0.1, 0.15) is 54.6 Å². The molecule has 78 valence electrons. The number of thiazole rings is 1. The molecule has 1 fully saturated rings. The van der Waals surface area contributed by atoms with Gasteiger partial charge in [0.15, 0.2) is 0 Å². The zero-order valence-corrected chi connectivity index (χ0v) is 9.95. The molecule has 1 aliphatic carbocycles. The van der Waals surface area contributed by atoms with Crippen molar-refractivity contribution in [2.75, 3.05) is 0 Å². The van der Waals surface area contributed by atoms with Crippen LogP contribution in [-0.2, 0) is 5.54 Å². The Bertz CT molecular complexity index is 337. The van der Waals surface area contributed by atoms with Crippen molar-refractivity contribution in [1.82, 2.24) is 4.98 Å². The Morgan fingerprint density at radius 2 is 2.07 bits per heavy atom. The van der Waals surface area contributed by atoms with E-state index in [2.05, 4.69) is 20.8 Å². The lowest BCUT2D eigenvalue weighted by molar-refractivity contribution is 0.252. The lowest BCUT2D eigenvalue weighted by Gasteiger charge is -2.35. The lowest BCUT2D eigenvalue weighted by atomic mass is 9.78. The first-order valence-corrected chi connectivity index (χ1v) is 6.11. The van der Waals surface area contributed by atoms with Gasteiger partial charge in [0.05, 0.1) is 11.2 Å². The van der Waals surface area contributed by atoms with Crippen LogP contribution in [0.4, 0.5) is 0 Å². The minimum absolute atomic E-state index is 0.0808. The molecule has 2 nitrogen and oxygen atoms in total. The van der Waals surface area contributed by atoms with Crippen LogP contribution in [0.5, 0.6) is 0 Å². The van der Waals surface area contributed by atoms with Crippen LogP contribution in [0.25, 0.3) is 0 Å². The maximum Gasteiger partial charge on any atom is 0.113 e. The van der Waals surface area contributed by atoms with Crippen molar-refractivity contribution in [3.05, 3.63) is 15.6 Å². The topological polar surface area (TPSA) is 38.9 Å². The highest BCUT2D eigenvalue weighted by Gasteiger charge is 2.37. The van der Waals surface area contributed by atoms with E-state index in [1.807, 2.05) is 0 Å². The Hall–Kier alpha value is -0.410. The van der Waals surface area contributed by atoms with Crippen molar-refractivity contribution in [2.45, 2.75) is 51.5 Å². The first-order valence-electron chi connectivity index (χ1n) is 5.29. The highest BCUT2D eigenvalue weighted by molar-refractivity contribution is 7.11. The van der Waals surface area contributed by atoms with E-state index < -0.39 is 0 Å². The monoisotopic (exact) mass is 210 g/mol. The van der Waals surface area contributed by atoms with Gasteiger partial charge in [0.2, 0.25) is 0 Å². The third-order valence-corrected chi connectivity index (χ3v) is 4.26. The molecule has 0 spiro atoms. The van der Waals surface area contributed by atoms with Crippen molar-refractivity contribution >= 4 is 11.3 Å². The third-order valence-electron chi connectivity index (χ3n) is 3.05. The molecule has 0 aromatic carbocycles. The molecule has 3 heteroatoms. The van der Waals surface area contributed by atoms with Gasteiger partial charge < -0.3 is 5.73 Å². The first-order chi connectivity index (χ1) is 6.53. The fraction of sp³-hybridized carbons (Fsp3) is 0.727. The number of nitrogens with zero attached hydrogens (tertiary/aromatic N) is 1. The molecule has 2 rings (SSSR count). The Labute approximate surface area is 89.5 Å². The molecule has 1 aromatic rings. The summed E-state index contributed by atoms with van der Waals surface area (Å²) in [5.41, 5.74) is 7.41. The summed E-state index contributed by atoms with van der Waals surface area (Å²) < 4.78 is 0. The Balaban J connectivity index is 2.32. The van der Waals surface area contributed by atoms with Crippen molar-refractivity contribution in [2.24, 2.45) is 5.73 Å². The summed E-state index contributed by atoms with van der Waals surface area (Å²) in [6, 6.07) is 0. The maximum absolute atomic E-state index is 6.25. The molecule has 0 unspecified atom stereocenters. The Kier molecular flexibility index (Phi) is 2.40. The van der Waals surface area contributed by atoms with Crippen LogP contribution in [0.3, 0.4) is 0 Å². The van der Waals surface area contributed by atoms with Gasteiger partial charge in [0.25, 0.3) is 0 Å². The van der Waals surface area contributed by atoms with Crippen molar-refractivity contribution < 1.29 is 0 Å². The van der Waals surface area contributed by atoms with E-state index in [1.54, 1.807) is 11.3 Å². The summed E-state index contributed by atoms with van der Waals surface area (Å²) in [7, 11) is 0. The van der Waals surface area contributed by atoms with Gasteiger partial charge in [-0.05, 0) is 32.1 Å². The minimum atomic E-state index is -0.0808. The number of hydrogen-bond donors (Lipinski definition) is 1. The maximum atomic E-state index is 6.25. The Morgan fingerprint density at radius 1 is 1.43 bits per heavy atom. The molecule has 1 heterocycles. The lowest BCUT2D eigenvalue weighted by Crippen LogP contribution is -2.43. The molecule has 1 aliphatic rings. The largest absolute Gasteiger partial charge is 0.319 e. The molecule has 0 aliphatic heterocycles. The molecular formula is C11H18N2S. The van der Waals surface area contributed by atoms with Gasteiger partial charge in [0.1, 0.15) is 5.01 Å². The van der Waals surface area contributed by atoms with Gasteiger partial charge in [0, 0.05) is 4.88 Å². The molecule has 14 heavy (non-hydrogen) atoms. The molecule has 0 atom stereocenters. The standard InChI is InChI=1S/C11H18N2S/c1-7(2)9-8(3)14-10(13-9)11(12)5-4-6-11/h7H,4-6,12H2,1-3H3. The van der Waals surface area contributed by atoms with E-state index >= 15 is 0 Å². The average Bonchev–Trinajstić information content (AvgIpc) is 2.43. The van der Waals surface area contributed by atoms with E-state index in [9.17, 15) is 0 Å². The predicted molar refractivity (Wildman–Crippen MR) is 60.7 cm³/mol. The molecule has 0 amide bonds. The summed E-state index contributed by atoms with van der Waals surface area (Å²) in [6.45, 7) is 6.53. The van der Waals surface area contributed by atoms with Crippen molar-refractivity contribution in [1.29, 1.82) is 0 Å². The van der Waals surface area contributed by atoms with Crippen LogP contribution < -0.4 is 5.73 Å². The second-order valence-electron chi connectivity index (χ2n) is 4.62. The molecule has 2 N–H and O–H groups in total. The summed E-state index contributed by atoms with van der Waals surface area (Å²) in [4.78, 5) is 6.04. The van der Waals surface area contributed by atoms with Crippen LogP contribution in [-0.4, -0.2) is 4.98 Å². The quantitative estimate of drug-likeness (QED) is 0.815. The van der Waals surface area contributed by atoms with Gasteiger partial charge in [-0.15, -0.1) is 11.3 Å². The van der Waals surface area contributed by atoms with Gasteiger partial charge in [-0.1, -0.05) is 13.8 Å². The summed E-state index contributed by atoms with van der Waals surface area (Å²) >= 11 is 1.79. The summed E-state index contributed by atoms with van der Waals surface area (Å²) in [6.07, 6.45) is 3.47. The molecule has 0 bridgehead atoms. The van der Waals surface area contributed by atoms with E-state index in [0.29, 0.717) is 5.92 Å². The van der Waals surface area contributed by atoms with Gasteiger partial charge in [-0.25, -0.2) is 4.98 Å². The predicted octanol–water partition coefficient (Wildman–Crippen LogP) is 2.91. The second-order valence-corrected chi connectivity index (χ2v) is 5.83. The normalized spacial score (nSPS) is 19.8. The van der Waals surface area contributed by atoms with Gasteiger partial charge >= 0.3 is 0 Å². The molecule has 0 radical (unpaired) electrons. The highest BCUT2D eigenvalue weighted by atomic mass is 32.1. The van der Waals surface area contributed by atoms with Crippen molar-refractivity contribution in [3.8, 4) is 0 Å². The number of aryl methyl sites for hydroxylation is 1. The summed E-state index contributed by atoms with van der Waals surface area (Å²) in [5.74, 6) is 0.517. The van der Waals surface area contributed by atoms with Crippen LogP contribution in [0, 0.1) is 6.92 Å².